The Hall–Kier alpha value is -1.49. The Morgan fingerprint density at radius 3 is 2.50 bits per heavy atom. The lowest BCUT2D eigenvalue weighted by Crippen LogP contribution is -2.16. The van der Waals surface area contributed by atoms with Gasteiger partial charge in [0, 0.05) is 17.7 Å². The minimum atomic E-state index is -0.523. The van der Waals surface area contributed by atoms with Crippen LogP contribution >= 0.6 is 0 Å². The Kier molecular flexibility index (Phi) is 3.14. The van der Waals surface area contributed by atoms with Crippen molar-refractivity contribution >= 4 is 5.82 Å². The summed E-state index contributed by atoms with van der Waals surface area (Å²) in [4.78, 5) is 13.5. The lowest BCUT2D eigenvalue weighted by atomic mass is 9.99. The molecule has 0 radical (unpaired) electrons. The van der Waals surface area contributed by atoms with E-state index < -0.39 is 4.92 Å². The molecule has 0 aliphatic heterocycles. The van der Waals surface area contributed by atoms with Gasteiger partial charge in [0.15, 0.2) is 0 Å². The summed E-state index contributed by atoms with van der Waals surface area (Å²) in [5.74, 6) is 0.142. The lowest BCUT2D eigenvalue weighted by Gasteiger charge is -2.13. The van der Waals surface area contributed by atoms with Gasteiger partial charge >= 0.3 is 5.82 Å². The second kappa shape index (κ2) is 4.15. The maximum Gasteiger partial charge on any atom is 0.363 e. The van der Waals surface area contributed by atoms with Crippen LogP contribution in [0.25, 0.3) is 0 Å². The van der Waals surface area contributed by atoms with Crippen LogP contribution in [0.4, 0.5) is 5.82 Å². The van der Waals surface area contributed by atoms with Gasteiger partial charge in [0.25, 0.3) is 0 Å². The molecular formula is C9H13N3O2. The highest BCUT2D eigenvalue weighted by atomic mass is 16.6. The fourth-order valence-electron chi connectivity index (χ4n) is 1.09. The van der Waals surface area contributed by atoms with E-state index in [9.17, 15) is 10.1 Å². The maximum atomic E-state index is 10.3. The van der Waals surface area contributed by atoms with E-state index >= 15 is 0 Å². The van der Waals surface area contributed by atoms with Crippen LogP contribution in [0.3, 0.4) is 0 Å². The molecule has 0 spiro atoms. The Balaban J connectivity index is 2.88. The van der Waals surface area contributed by atoms with Crippen molar-refractivity contribution in [2.24, 2.45) is 11.7 Å². The Labute approximate surface area is 82.1 Å². The van der Waals surface area contributed by atoms with Gasteiger partial charge in [-0.05, 0) is 21.9 Å². The van der Waals surface area contributed by atoms with Gasteiger partial charge in [-0.2, -0.15) is 0 Å². The maximum absolute atomic E-state index is 10.3. The van der Waals surface area contributed by atoms with Gasteiger partial charge in [-0.3, -0.25) is 0 Å². The molecule has 0 bridgehead atoms. The van der Waals surface area contributed by atoms with Crippen molar-refractivity contribution in [2.45, 2.75) is 19.9 Å². The van der Waals surface area contributed by atoms with Crippen LogP contribution in [0.5, 0.6) is 0 Å². The van der Waals surface area contributed by atoms with E-state index in [1.165, 1.54) is 12.3 Å². The first-order valence-corrected chi connectivity index (χ1v) is 4.38. The molecule has 0 aliphatic rings. The van der Waals surface area contributed by atoms with E-state index in [1.807, 2.05) is 13.8 Å². The van der Waals surface area contributed by atoms with Crippen molar-refractivity contribution in [1.29, 1.82) is 0 Å². The van der Waals surface area contributed by atoms with E-state index in [2.05, 4.69) is 4.98 Å². The van der Waals surface area contributed by atoms with Crippen molar-refractivity contribution in [2.75, 3.05) is 0 Å². The van der Waals surface area contributed by atoms with Gasteiger partial charge < -0.3 is 15.8 Å². The summed E-state index contributed by atoms with van der Waals surface area (Å²) in [7, 11) is 0. The molecule has 0 aliphatic carbocycles. The summed E-state index contributed by atoms with van der Waals surface area (Å²) in [6.07, 6.45) is 1.46. The number of aromatic nitrogens is 1. The average Bonchev–Trinajstić information content (AvgIpc) is 2.16. The van der Waals surface area contributed by atoms with Crippen LogP contribution in [-0.4, -0.2) is 9.91 Å². The standard InChI is InChI=1S/C9H13N3O2/c1-6(2)9(10)7-3-4-8(11-5-7)12(13)14/h3-6,9H,10H2,1-2H3. The number of hydrogen-bond acceptors (Lipinski definition) is 4. The molecule has 1 rings (SSSR count). The summed E-state index contributed by atoms with van der Waals surface area (Å²) in [5.41, 5.74) is 6.68. The summed E-state index contributed by atoms with van der Waals surface area (Å²) < 4.78 is 0. The molecule has 0 aromatic carbocycles. The van der Waals surface area contributed by atoms with Crippen LogP contribution in [0.15, 0.2) is 18.3 Å². The van der Waals surface area contributed by atoms with Gasteiger partial charge in [0.1, 0.15) is 6.20 Å². The third kappa shape index (κ3) is 2.26. The van der Waals surface area contributed by atoms with Crippen LogP contribution in [0.1, 0.15) is 25.5 Å². The molecule has 1 unspecified atom stereocenters. The number of pyridine rings is 1. The first-order chi connectivity index (χ1) is 6.52. The molecule has 5 nitrogen and oxygen atoms in total. The molecular weight excluding hydrogens is 182 g/mol. The van der Waals surface area contributed by atoms with Crippen LogP contribution in [0, 0.1) is 16.0 Å². The highest BCUT2D eigenvalue weighted by molar-refractivity contribution is 5.24. The van der Waals surface area contributed by atoms with Gasteiger partial charge in [-0.1, -0.05) is 13.8 Å². The van der Waals surface area contributed by atoms with E-state index in [0.717, 1.165) is 5.56 Å². The quantitative estimate of drug-likeness (QED) is 0.587. The predicted octanol–water partition coefficient (Wildman–Crippen LogP) is 1.65. The molecule has 0 fully saturated rings. The highest BCUT2D eigenvalue weighted by Crippen LogP contribution is 2.19. The number of nitrogens with zero attached hydrogens (tertiary/aromatic N) is 2. The number of nitro groups is 1. The van der Waals surface area contributed by atoms with Crippen LogP contribution < -0.4 is 5.73 Å². The van der Waals surface area contributed by atoms with Gasteiger partial charge in [-0.15, -0.1) is 0 Å². The second-order valence-corrected chi connectivity index (χ2v) is 3.48. The van der Waals surface area contributed by atoms with Crippen molar-refractivity contribution in [1.82, 2.24) is 4.98 Å². The monoisotopic (exact) mass is 195 g/mol. The van der Waals surface area contributed by atoms with E-state index in [4.69, 9.17) is 5.73 Å². The molecule has 14 heavy (non-hydrogen) atoms. The SMILES string of the molecule is CC(C)C(N)c1ccc([N+](=O)[O-])nc1. The molecule has 76 valence electrons. The van der Waals surface area contributed by atoms with Gasteiger partial charge in [0.2, 0.25) is 0 Å². The average molecular weight is 195 g/mol. The first-order valence-electron chi connectivity index (χ1n) is 4.38. The molecule has 2 N–H and O–H groups in total. The molecule has 5 heteroatoms. The molecule has 1 aromatic heterocycles. The third-order valence-corrected chi connectivity index (χ3v) is 2.06. The fraction of sp³-hybridized carbons (Fsp3) is 0.444. The summed E-state index contributed by atoms with van der Waals surface area (Å²) in [6, 6.07) is 2.90. The number of rotatable bonds is 3. The van der Waals surface area contributed by atoms with Crippen molar-refractivity contribution in [3.63, 3.8) is 0 Å². The molecule has 0 amide bonds. The zero-order valence-electron chi connectivity index (χ0n) is 8.18. The van der Waals surface area contributed by atoms with Gasteiger partial charge in [0.05, 0.1) is 0 Å². The summed E-state index contributed by atoms with van der Waals surface area (Å²) in [6.45, 7) is 3.98. The number of hydrogen-bond donors (Lipinski definition) is 1. The van der Waals surface area contributed by atoms with E-state index in [-0.39, 0.29) is 11.9 Å². The summed E-state index contributed by atoms with van der Waals surface area (Å²) in [5, 5.41) is 10.3. The Bertz CT molecular complexity index is 321. The van der Waals surface area contributed by atoms with Crippen molar-refractivity contribution in [3.8, 4) is 0 Å². The Morgan fingerprint density at radius 2 is 2.14 bits per heavy atom. The summed E-state index contributed by atoms with van der Waals surface area (Å²) >= 11 is 0. The molecule has 0 saturated heterocycles. The smallest absolute Gasteiger partial charge is 0.358 e. The second-order valence-electron chi connectivity index (χ2n) is 3.48. The minimum absolute atomic E-state index is 0.122. The zero-order valence-corrected chi connectivity index (χ0v) is 8.18. The third-order valence-electron chi connectivity index (χ3n) is 2.06. The van der Waals surface area contributed by atoms with Crippen LogP contribution in [-0.2, 0) is 0 Å². The van der Waals surface area contributed by atoms with Crippen molar-refractivity contribution < 1.29 is 4.92 Å². The zero-order chi connectivity index (χ0) is 10.7. The number of nitrogens with two attached hydrogens (primary N) is 1. The molecule has 0 saturated carbocycles. The van der Waals surface area contributed by atoms with E-state index in [0.29, 0.717) is 5.92 Å². The topological polar surface area (TPSA) is 82.0 Å². The minimum Gasteiger partial charge on any atom is -0.358 e. The Morgan fingerprint density at radius 1 is 1.50 bits per heavy atom. The predicted molar refractivity (Wildman–Crippen MR) is 52.7 cm³/mol. The van der Waals surface area contributed by atoms with Gasteiger partial charge in [-0.25, -0.2) is 0 Å². The molecule has 1 atom stereocenters. The molecule has 1 aromatic rings. The lowest BCUT2D eigenvalue weighted by molar-refractivity contribution is -0.389. The van der Waals surface area contributed by atoms with Crippen molar-refractivity contribution in [3.05, 3.63) is 34.0 Å². The highest BCUT2D eigenvalue weighted by Gasteiger charge is 2.14. The normalized spacial score (nSPS) is 12.9. The van der Waals surface area contributed by atoms with E-state index in [1.54, 1.807) is 6.07 Å². The van der Waals surface area contributed by atoms with Crippen LogP contribution in [0.2, 0.25) is 0 Å². The first kappa shape index (κ1) is 10.6. The molecule has 1 heterocycles. The fourth-order valence-corrected chi connectivity index (χ4v) is 1.09. The largest absolute Gasteiger partial charge is 0.363 e.